The first-order valence-corrected chi connectivity index (χ1v) is 7.53. The molecule has 0 aromatic heterocycles. The van der Waals surface area contributed by atoms with Gasteiger partial charge < -0.3 is 14.8 Å². The first kappa shape index (κ1) is 20.2. The molecule has 0 aliphatic heterocycles. The number of amides is 1. The number of hydrogen-bond acceptors (Lipinski definition) is 3. The van der Waals surface area contributed by atoms with Crippen LogP contribution in [0.25, 0.3) is 6.08 Å². The summed E-state index contributed by atoms with van der Waals surface area (Å²) in [6.07, 6.45) is 2.20. The van der Waals surface area contributed by atoms with E-state index in [0.29, 0.717) is 11.3 Å². The van der Waals surface area contributed by atoms with E-state index in [1.165, 1.54) is 24.3 Å². The lowest BCUT2D eigenvalue weighted by Gasteiger charge is -2.11. The number of carbonyl (C=O) groups is 1. The lowest BCUT2D eigenvalue weighted by molar-refractivity contribution is -0.111. The average Bonchev–Trinajstić information content (AvgIpc) is 2.55. The summed E-state index contributed by atoms with van der Waals surface area (Å²) in [6.45, 7) is -4.73. The molecule has 0 fully saturated rings. The fourth-order valence-corrected chi connectivity index (χ4v) is 2.13. The highest BCUT2D eigenvalue weighted by molar-refractivity contribution is 6.02. The van der Waals surface area contributed by atoms with Gasteiger partial charge in [-0.3, -0.25) is 4.79 Å². The number of ether oxygens (including phenoxy) is 2. The molecule has 0 radical (unpaired) electrons. The Labute approximate surface area is 151 Å². The van der Waals surface area contributed by atoms with E-state index in [0.717, 1.165) is 24.3 Å². The number of aryl methyl sites for hydroxylation is 1. The predicted molar refractivity (Wildman–Crippen MR) is 88.5 cm³/mol. The van der Waals surface area contributed by atoms with Crippen LogP contribution in [-0.2, 0) is 4.79 Å². The SMILES string of the molecule is Cc1cc(F)ccc1NC(=O)/C=C/c1ccc(OC(F)F)cc1OC(F)F. The second kappa shape index (κ2) is 9.02. The molecule has 1 amide bonds. The Hall–Kier alpha value is -3.10. The monoisotopic (exact) mass is 387 g/mol. The number of benzene rings is 2. The molecule has 144 valence electrons. The summed E-state index contributed by atoms with van der Waals surface area (Å²) in [7, 11) is 0. The van der Waals surface area contributed by atoms with Gasteiger partial charge in [-0.05, 0) is 48.9 Å². The Morgan fingerprint density at radius 1 is 1.04 bits per heavy atom. The first-order valence-electron chi connectivity index (χ1n) is 7.53. The zero-order valence-electron chi connectivity index (χ0n) is 13.9. The van der Waals surface area contributed by atoms with Crippen LogP contribution in [0.2, 0.25) is 0 Å². The molecule has 0 bridgehead atoms. The molecule has 0 spiro atoms. The number of nitrogens with one attached hydrogen (secondary N) is 1. The van der Waals surface area contributed by atoms with Crippen molar-refractivity contribution in [2.24, 2.45) is 0 Å². The highest BCUT2D eigenvalue weighted by Crippen LogP contribution is 2.28. The van der Waals surface area contributed by atoms with Crippen molar-refractivity contribution in [3.63, 3.8) is 0 Å². The molecule has 2 aromatic carbocycles. The second-order valence-corrected chi connectivity index (χ2v) is 5.24. The molecule has 4 nitrogen and oxygen atoms in total. The van der Waals surface area contributed by atoms with Crippen molar-refractivity contribution >= 4 is 17.7 Å². The van der Waals surface area contributed by atoms with Crippen LogP contribution in [-0.4, -0.2) is 19.1 Å². The summed E-state index contributed by atoms with van der Waals surface area (Å²) in [5.41, 5.74) is 0.908. The van der Waals surface area contributed by atoms with Crippen LogP contribution < -0.4 is 14.8 Å². The maximum atomic E-state index is 13.1. The smallest absolute Gasteiger partial charge is 0.387 e. The van der Waals surface area contributed by atoms with Gasteiger partial charge in [0.1, 0.15) is 17.3 Å². The highest BCUT2D eigenvalue weighted by atomic mass is 19.3. The number of hydrogen-bond donors (Lipinski definition) is 1. The summed E-state index contributed by atoms with van der Waals surface area (Å²) < 4.78 is 70.9. The van der Waals surface area contributed by atoms with E-state index in [2.05, 4.69) is 14.8 Å². The maximum Gasteiger partial charge on any atom is 0.387 e. The summed E-state index contributed by atoms with van der Waals surface area (Å²) >= 11 is 0. The third-order valence-electron chi connectivity index (χ3n) is 3.29. The average molecular weight is 387 g/mol. The van der Waals surface area contributed by atoms with Crippen LogP contribution in [0.3, 0.4) is 0 Å². The molecule has 2 rings (SSSR count). The van der Waals surface area contributed by atoms with Crippen molar-refractivity contribution < 1.29 is 36.2 Å². The Morgan fingerprint density at radius 2 is 1.74 bits per heavy atom. The molecule has 0 unspecified atom stereocenters. The maximum absolute atomic E-state index is 13.1. The summed E-state index contributed by atoms with van der Waals surface area (Å²) in [5, 5.41) is 2.50. The van der Waals surface area contributed by atoms with Gasteiger partial charge in [0.25, 0.3) is 0 Å². The molecular weight excluding hydrogens is 373 g/mol. The van der Waals surface area contributed by atoms with Crippen molar-refractivity contribution in [1.29, 1.82) is 0 Å². The van der Waals surface area contributed by atoms with Crippen LogP contribution in [0.4, 0.5) is 27.6 Å². The minimum Gasteiger partial charge on any atom is -0.435 e. The van der Waals surface area contributed by atoms with Gasteiger partial charge in [0.15, 0.2) is 0 Å². The van der Waals surface area contributed by atoms with Crippen LogP contribution in [0.15, 0.2) is 42.5 Å². The van der Waals surface area contributed by atoms with Crippen LogP contribution in [0.5, 0.6) is 11.5 Å². The number of carbonyl (C=O) groups excluding carboxylic acids is 1. The highest BCUT2D eigenvalue weighted by Gasteiger charge is 2.12. The third kappa shape index (κ3) is 6.28. The Kier molecular flexibility index (Phi) is 6.75. The second-order valence-electron chi connectivity index (χ2n) is 5.24. The van der Waals surface area contributed by atoms with Crippen molar-refractivity contribution in [2.45, 2.75) is 20.1 Å². The molecular formula is C18H14F5NO3. The van der Waals surface area contributed by atoms with Gasteiger partial charge in [0, 0.05) is 23.4 Å². The van der Waals surface area contributed by atoms with Crippen LogP contribution in [0, 0.1) is 12.7 Å². The standard InChI is InChI=1S/C18H14F5NO3/c1-10-8-12(19)4-6-14(10)24-16(25)7-3-11-2-5-13(26-17(20)21)9-15(11)27-18(22)23/h2-9,17-18H,1H3,(H,24,25)/b7-3+. The zero-order chi connectivity index (χ0) is 20.0. The molecule has 1 N–H and O–H groups in total. The van der Waals surface area contributed by atoms with Gasteiger partial charge in [-0.2, -0.15) is 17.6 Å². The van der Waals surface area contributed by atoms with E-state index in [1.807, 2.05) is 0 Å². The van der Waals surface area contributed by atoms with Crippen LogP contribution >= 0.6 is 0 Å². The fraction of sp³-hybridized carbons (Fsp3) is 0.167. The molecule has 2 aromatic rings. The zero-order valence-corrected chi connectivity index (χ0v) is 13.9. The van der Waals surface area contributed by atoms with E-state index in [-0.39, 0.29) is 11.3 Å². The lowest BCUT2D eigenvalue weighted by Crippen LogP contribution is -2.09. The summed E-state index contributed by atoms with van der Waals surface area (Å²) in [4.78, 5) is 12.0. The van der Waals surface area contributed by atoms with Gasteiger partial charge in [-0.1, -0.05) is 0 Å². The van der Waals surface area contributed by atoms with Gasteiger partial charge in [0.2, 0.25) is 5.91 Å². The van der Waals surface area contributed by atoms with E-state index < -0.39 is 30.7 Å². The number of rotatable bonds is 7. The Bertz CT molecular complexity index is 840. The summed E-state index contributed by atoms with van der Waals surface area (Å²) in [5.74, 6) is -1.88. The lowest BCUT2D eigenvalue weighted by atomic mass is 10.1. The predicted octanol–water partition coefficient (Wildman–Crippen LogP) is 4.99. The molecule has 0 atom stereocenters. The minimum absolute atomic E-state index is 0.0443. The quantitative estimate of drug-likeness (QED) is 0.538. The van der Waals surface area contributed by atoms with Crippen molar-refractivity contribution in [2.75, 3.05) is 5.32 Å². The molecule has 0 heterocycles. The van der Waals surface area contributed by atoms with E-state index in [9.17, 15) is 26.7 Å². The van der Waals surface area contributed by atoms with Gasteiger partial charge in [-0.25, -0.2) is 4.39 Å². The summed E-state index contributed by atoms with van der Waals surface area (Å²) in [6, 6.07) is 6.94. The van der Waals surface area contributed by atoms with Gasteiger partial charge >= 0.3 is 13.2 Å². The molecule has 0 aliphatic rings. The Balaban J connectivity index is 2.17. The number of anilines is 1. The first-order chi connectivity index (χ1) is 12.7. The molecule has 0 aliphatic carbocycles. The van der Waals surface area contributed by atoms with E-state index in [4.69, 9.17) is 0 Å². The topological polar surface area (TPSA) is 47.6 Å². The number of halogens is 5. The van der Waals surface area contributed by atoms with E-state index >= 15 is 0 Å². The molecule has 0 saturated heterocycles. The Morgan fingerprint density at radius 3 is 2.37 bits per heavy atom. The van der Waals surface area contributed by atoms with Crippen molar-refractivity contribution in [3.05, 3.63) is 59.4 Å². The van der Waals surface area contributed by atoms with Crippen molar-refractivity contribution in [3.8, 4) is 11.5 Å². The van der Waals surface area contributed by atoms with Gasteiger partial charge in [0.05, 0.1) is 0 Å². The normalized spacial score (nSPS) is 11.3. The third-order valence-corrected chi connectivity index (χ3v) is 3.29. The van der Waals surface area contributed by atoms with Gasteiger partial charge in [-0.15, -0.1) is 0 Å². The molecule has 0 saturated carbocycles. The largest absolute Gasteiger partial charge is 0.435 e. The fourth-order valence-electron chi connectivity index (χ4n) is 2.13. The molecule has 9 heteroatoms. The minimum atomic E-state index is -3.20. The van der Waals surface area contributed by atoms with E-state index in [1.54, 1.807) is 6.92 Å². The van der Waals surface area contributed by atoms with Crippen molar-refractivity contribution in [1.82, 2.24) is 0 Å². The number of alkyl halides is 4. The molecule has 27 heavy (non-hydrogen) atoms. The van der Waals surface area contributed by atoms with Crippen LogP contribution in [0.1, 0.15) is 11.1 Å².